The van der Waals surface area contributed by atoms with E-state index in [1.807, 2.05) is 0 Å². The molecule has 2 aliphatic rings. The molecule has 0 aromatic rings. The Labute approximate surface area is 97.8 Å². The van der Waals surface area contributed by atoms with Gasteiger partial charge in [-0.3, -0.25) is 0 Å². The number of hydrogen-bond donors (Lipinski definition) is 2. The zero-order valence-corrected chi connectivity index (χ0v) is 10.6. The van der Waals surface area contributed by atoms with Gasteiger partial charge >= 0.3 is 7.12 Å². The van der Waals surface area contributed by atoms with Crippen molar-refractivity contribution in [2.45, 2.75) is 44.7 Å². The molecule has 16 heavy (non-hydrogen) atoms. The molecule has 2 fully saturated rings. The lowest BCUT2D eigenvalue weighted by Gasteiger charge is -2.32. The molecule has 4 nitrogen and oxygen atoms in total. The zero-order chi connectivity index (χ0) is 12.0. The van der Waals surface area contributed by atoms with Crippen molar-refractivity contribution < 1.29 is 14.4 Å². The minimum absolute atomic E-state index is 0.196. The van der Waals surface area contributed by atoms with Gasteiger partial charge in [0.25, 0.3) is 0 Å². The summed E-state index contributed by atoms with van der Waals surface area (Å²) in [6, 6.07) is 0. The molecule has 0 spiro atoms. The average Bonchev–Trinajstić information content (AvgIpc) is 2.69. The van der Waals surface area contributed by atoms with Crippen LogP contribution in [-0.2, 0) is 9.31 Å². The molecule has 0 unspecified atom stereocenters. The smallest absolute Gasteiger partial charge is 0.403 e. The first-order valence-electron chi connectivity index (χ1n) is 6.04. The van der Waals surface area contributed by atoms with E-state index in [1.165, 1.54) is 0 Å². The Bertz CT molecular complexity index is 254. The van der Waals surface area contributed by atoms with Gasteiger partial charge in [-0.2, -0.15) is 0 Å². The molecule has 0 aliphatic carbocycles. The summed E-state index contributed by atoms with van der Waals surface area (Å²) in [5.41, 5.74) is -0.555. The summed E-state index contributed by atoms with van der Waals surface area (Å²) in [6.07, 6.45) is 0. The van der Waals surface area contributed by atoms with Crippen molar-refractivity contribution in [2.75, 3.05) is 19.7 Å². The van der Waals surface area contributed by atoms with Crippen molar-refractivity contribution in [3.8, 4) is 0 Å². The van der Waals surface area contributed by atoms with Gasteiger partial charge in [0.1, 0.15) is 0 Å². The zero-order valence-electron chi connectivity index (χ0n) is 10.6. The van der Waals surface area contributed by atoms with Crippen LogP contribution in [0, 0.1) is 5.92 Å². The molecular weight excluding hydrogens is 205 g/mol. The minimum atomic E-state index is -0.278. The molecule has 0 bridgehead atoms. The minimum Gasteiger partial charge on any atom is -0.403 e. The number of aliphatic hydroxyl groups is 1. The van der Waals surface area contributed by atoms with Gasteiger partial charge in [0, 0.05) is 12.4 Å². The molecule has 92 valence electrons. The normalized spacial score (nSPS) is 36.9. The topological polar surface area (TPSA) is 50.7 Å². The van der Waals surface area contributed by atoms with Gasteiger partial charge in [0.15, 0.2) is 0 Å². The van der Waals surface area contributed by atoms with Crippen LogP contribution in [0.2, 0.25) is 5.82 Å². The summed E-state index contributed by atoms with van der Waals surface area (Å²) in [7, 11) is -0.197. The third kappa shape index (κ3) is 1.90. The van der Waals surface area contributed by atoms with Crippen molar-refractivity contribution in [3.05, 3.63) is 0 Å². The summed E-state index contributed by atoms with van der Waals surface area (Å²) in [6.45, 7) is 10.1. The Balaban J connectivity index is 2.08. The molecule has 2 heterocycles. The van der Waals surface area contributed by atoms with Crippen LogP contribution in [0.5, 0.6) is 0 Å². The molecule has 0 radical (unpaired) electrons. The lowest BCUT2D eigenvalue weighted by molar-refractivity contribution is 0.00578. The van der Waals surface area contributed by atoms with Gasteiger partial charge in [0.05, 0.1) is 11.2 Å². The van der Waals surface area contributed by atoms with Crippen molar-refractivity contribution in [2.24, 2.45) is 5.92 Å². The Hall–Kier alpha value is -0.0951. The fraction of sp³-hybridized carbons (Fsp3) is 1.00. The summed E-state index contributed by atoms with van der Waals surface area (Å²) >= 11 is 0. The first-order valence-corrected chi connectivity index (χ1v) is 6.04. The van der Waals surface area contributed by atoms with Crippen LogP contribution in [0.15, 0.2) is 0 Å². The Morgan fingerprint density at radius 3 is 2.25 bits per heavy atom. The largest absolute Gasteiger partial charge is 0.462 e. The van der Waals surface area contributed by atoms with Crippen LogP contribution in [0.4, 0.5) is 0 Å². The van der Waals surface area contributed by atoms with E-state index in [1.54, 1.807) is 0 Å². The van der Waals surface area contributed by atoms with Crippen LogP contribution >= 0.6 is 0 Å². The molecule has 0 aromatic heterocycles. The maximum atomic E-state index is 9.31. The van der Waals surface area contributed by atoms with E-state index in [2.05, 4.69) is 33.0 Å². The second kappa shape index (κ2) is 3.98. The molecule has 2 N–H and O–H groups in total. The standard InChI is InChI=1S/C11H22BNO3/c1-10(2)11(3,4)16-12(15-10)9-6-13-5-8(9)7-14/h8-9,13-14H,5-7H2,1-4H3/t8-,9+/m0/s1. The van der Waals surface area contributed by atoms with E-state index in [0.29, 0.717) is 0 Å². The van der Waals surface area contributed by atoms with Crippen molar-refractivity contribution in [1.29, 1.82) is 0 Å². The number of aliphatic hydroxyl groups excluding tert-OH is 1. The average molecular weight is 227 g/mol. The van der Waals surface area contributed by atoms with Gasteiger partial charge < -0.3 is 19.7 Å². The van der Waals surface area contributed by atoms with E-state index in [0.717, 1.165) is 13.1 Å². The third-order valence-corrected chi connectivity index (χ3v) is 4.25. The first kappa shape index (κ1) is 12.4. The van der Waals surface area contributed by atoms with E-state index in [4.69, 9.17) is 9.31 Å². The predicted octanol–water partition coefficient (Wildman–Crippen LogP) is 0.660. The number of rotatable bonds is 2. The second-order valence-corrected chi connectivity index (χ2v) is 5.89. The lowest BCUT2D eigenvalue weighted by atomic mass is 9.66. The van der Waals surface area contributed by atoms with Crippen LogP contribution in [0.1, 0.15) is 27.7 Å². The fourth-order valence-corrected chi connectivity index (χ4v) is 2.34. The SMILES string of the molecule is CC1(C)OB([C@@H]2CNC[C@H]2CO)OC1(C)C. The molecule has 2 saturated heterocycles. The molecule has 2 rings (SSSR count). The van der Waals surface area contributed by atoms with Crippen LogP contribution in [-0.4, -0.2) is 43.1 Å². The molecule has 0 aromatic carbocycles. The molecule has 5 heteroatoms. The summed E-state index contributed by atoms with van der Waals surface area (Å²) < 4.78 is 12.0. The van der Waals surface area contributed by atoms with Crippen molar-refractivity contribution in [3.63, 3.8) is 0 Å². The first-order chi connectivity index (χ1) is 7.37. The number of nitrogens with one attached hydrogen (secondary N) is 1. The van der Waals surface area contributed by atoms with E-state index in [-0.39, 0.29) is 36.7 Å². The Morgan fingerprint density at radius 1 is 1.19 bits per heavy atom. The van der Waals surface area contributed by atoms with Crippen LogP contribution in [0.3, 0.4) is 0 Å². The van der Waals surface area contributed by atoms with Crippen molar-refractivity contribution in [1.82, 2.24) is 5.32 Å². The van der Waals surface area contributed by atoms with Gasteiger partial charge in [0.2, 0.25) is 0 Å². The summed E-state index contributed by atoms with van der Waals surface area (Å²) in [5, 5.41) is 12.6. The monoisotopic (exact) mass is 227 g/mol. The lowest BCUT2D eigenvalue weighted by Crippen LogP contribution is -2.41. The fourth-order valence-electron chi connectivity index (χ4n) is 2.34. The number of hydrogen-bond acceptors (Lipinski definition) is 4. The van der Waals surface area contributed by atoms with Crippen molar-refractivity contribution >= 4 is 7.12 Å². The van der Waals surface area contributed by atoms with Crippen LogP contribution in [0.25, 0.3) is 0 Å². The Kier molecular flexibility index (Phi) is 3.08. The highest BCUT2D eigenvalue weighted by Gasteiger charge is 2.55. The molecule has 2 atom stereocenters. The van der Waals surface area contributed by atoms with E-state index in [9.17, 15) is 5.11 Å². The van der Waals surface area contributed by atoms with E-state index >= 15 is 0 Å². The summed E-state index contributed by atoms with van der Waals surface area (Å²) in [4.78, 5) is 0. The molecule has 0 amide bonds. The highest BCUT2D eigenvalue weighted by atomic mass is 16.7. The Morgan fingerprint density at radius 2 is 1.75 bits per heavy atom. The maximum Gasteiger partial charge on any atom is 0.462 e. The highest BCUT2D eigenvalue weighted by Crippen LogP contribution is 2.42. The summed E-state index contributed by atoms with van der Waals surface area (Å²) in [5.74, 6) is 0.501. The van der Waals surface area contributed by atoms with Gasteiger partial charge in [-0.15, -0.1) is 0 Å². The van der Waals surface area contributed by atoms with E-state index < -0.39 is 0 Å². The predicted molar refractivity (Wildman–Crippen MR) is 63.3 cm³/mol. The quantitative estimate of drug-likeness (QED) is 0.680. The second-order valence-electron chi connectivity index (χ2n) is 5.89. The molecule has 2 aliphatic heterocycles. The van der Waals surface area contributed by atoms with Gasteiger partial charge in [-0.25, -0.2) is 0 Å². The molecular formula is C11H22BNO3. The maximum absolute atomic E-state index is 9.31. The molecule has 0 saturated carbocycles. The third-order valence-electron chi connectivity index (χ3n) is 4.25. The van der Waals surface area contributed by atoms with Gasteiger partial charge in [-0.05, 0) is 46.7 Å². The van der Waals surface area contributed by atoms with Gasteiger partial charge in [-0.1, -0.05) is 0 Å². The highest BCUT2D eigenvalue weighted by molar-refractivity contribution is 6.47. The van der Waals surface area contributed by atoms with Crippen LogP contribution < -0.4 is 5.32 Å².